The lowest BCUT2D eigenvalue weighted by atomic mass is 9.90. The molecule has 1 amide bonds. The first-order valence-electron chi connectivity index (χ1n) is 8.57. The van der Waals surface area contributed by atoms with Gasteiger partial charge in [-0.1, -0.05) is 6.92 Å². The van der Waals surface area contributed by atoms with Crippen LogP contribution in [0.15, 0.2) is 0 Å². The Morgan fingerprint density at radius 3 is 2.43 bits per heavy atom. The van der Waals surface area contributed by atoms with Crippen molar-refractivity contribution in [3.63, 3.8) is 0 Å². The smallest absolute Gasteiger partial charge is 0.255 e. The molecule has 3 rings (SSSR count). The van der Waals surface area contributed by atoms with Crippen LogP contribution in [0, 0.1) is 5.92 Å². The van der Waals surface area contributed by atoms with Gasteiger partial charge in [-0.2, -0.15) is 0 Å². The molecule has 1 aliphatic carbocycles. The molecule has 0 radical (unpaired) electrons. The van der Waals surface area contributed by atoms with Crippen LogP contribution < -0.4 is 0 Å². The molecule has 120 valence electrons. The van der Waals surface area contributed by atoms with Gasteiger partial charge in [0.2, 0.25) is 0 Å². The number of amides is 1. The van der Waals surface area contributed by atoms with E-state index in [0.717, 1.165) is 52.2 Å². The van der Waals surface area contributed by atoms with E-state index in [2.05, 4.69) is 16.7 Å². The van der Waals surface area contributed by atoms with Gasteiger partial charge in [0.25, 0.3) is 5.91 Å². The first-order chi connectivity index (χ1) is 10.1. The Bertz CT molecular complexity index is 378. The van der Waals surface area contributed by atoms with Gasteiger partial charge >= 0.3 is 0 Å². The number of aliphatic hydroxyl groups is 1. The normalized spacial score (nSPS) is 32.7. The van der Waals surface area contributed by atoms with E-state index in [1.54, 1.807) is 0 Å². The van der Waals surface area contributed by atoms with Gasteiger partial charge in [-0.25, -0.2) is 0 Å². The Kier molecular flexibility index (Phi) is 4.52. The Balaban J connectivity index is 1.56. The molecule has 0 aromatic carbocycles. The maximum Gasteiger partial charge on any atom is 0.255 e. The van der Waals surface area contributed by atoms with Crippen LogP contribution in [0.25, 0.3) is 0 Å². The molecule has 0 aromatic rings. The SMILES string of the molecule is CCN1CCN(C[C@@]2(O)CCCN(CC3CC3)C2=O)CC1. The summed E-state index contributed by atoms with van der Waals surface area (Å²) in [6.45, 7) is 9.52. The molecule has 0 spiro atoms. The Morgan fingerprint density at radius 2 is 1.81 bits per heavy atom. The molecule has 0 unspecified atom stereocenters. The predicted octanol–water partition coefficient (Wildman–Crippen LogP) is 0.387. The lowest BCUT2D eigenvalue weighted by molar-refractivity contribution is -0.160. The van der Waals surface area contributed by atoms with Crippen LogP contribution in [-0.4, -0.2) is 83.7 Å². The maximum absolute atomic E-state index is 12.6. The zero-order valence-corrected chi connectivity index (χ0v) is 13.3. The number of piperazine rings is 1. The third-order valence-corrected chi connectivity index (χ3v) is 5.28. The van der Waals surface area contributed by atoms with Crippen molar-refractivity contribution in [2.75, 3.05) is 52.4 Å². The fourth-order valence-electron chi connectivity index (χ4n) is 3.63. The summed E-state index contributed by atoms with van der Waals surface area (Å²) in [5.41, 5.74) is -1.14. The molecule has 5 heteroatoms. The van der Waals surface area contributed by atoms with E-state index in [1.165, 1.54) is 12.8 Å². The summed E-state index contributed by atoms with van der Waals surface area (Å²) in [6.07, 6.45) is 4.06. The Labute approximate surface area is 127 Å². The average Bonchev–Trinajstić information content (AvgIpc) is 3.29. The van der Waals surface area contributed by atoms with Gasteiger partial charge < -0.3 is 14.9 Å². The first-order valence-corrected chi connectivity index (χ1v) is 8.57. The minimum Gasteiger partial charge on any atom is -0.379 e. The number of carbonyl (C=O) groups is 1. The predicted molar refractivity (Wildman–Crippen MR) is 82.0 cm³/mol. The van der Waals surface area contributed by atoms with Crippen LogP contribution in [0.2, 0.25) is 0 Å². The molecule has 2 aliphatic heterocycles. The monoisotopic (exact) mass is 295 g/mol. The molecule has 5 nitrogen and oxygen atoms in total. The van der Waals surface area contributed by atoms with Crippen LogP contribution >= 0.6 is 0 Å². The van der Waals surface area contributed by atoms with Crippen molar-refractivity contribution in [3.8, 4) is 0 Å². The molecule has 3 aliphatic rings. The number of likely N-dealkylation sites (N-methyl/N-ethyl adjacent to an activating group) is 1. The molecule has 0 bridgehead atoms. The van der Waals surface area contributed by atoms with Crippen molar-refractivity contribution in [2.24, 2.45) is 5.92 Å². The van der Waals surface area contributed by atoms with Crippen molar-refractivity contribution >= 4 is 5.91 Å². The van der Waals surface area contributed by atoms with Crippen molar-refractivity contribution < 1.29 is 9.90 Å². The van der Waals surface area contributed by atoms with Crippen LogP contribution in [-0.2, 0) is 4.79 Å². The van der Waals surface area contributed by atoms with Gasteiger partial charge in [0.05, 0.1) is 0 Å². The number of carbonyl (C=O) groups excluding carboxylic acids is 1. The second-order valence-corrected chi connectivity index (χ2v) is 7.04. The minimum absolute atomic E-state index is 0.0152. The van der Waals surface area contributed by atoms with E-state index in [-0.39, 0.29) is 5.91 Å². The minimum atomic E-state index is -1.14. The van der Waals surface area contributed by atoms with Crippen molar-refractivity contribution in [1.82, 2.24) is 14.7 Å². The van der Waals surface area contributed by atoms with Crippen LogP contribution in [0.4, 0.5) is 0 Å². The first kappa shape index (κ1) is 15.3. The Hall–Kier alpha value is -0.650. The van der Waals surface area contributed by atoms with E-state index < -0.39 is 5.60 Å². The zero-order chi connectivity index (χ0) is 14.9. The summed E-state index contributed by atoms with van der Waals surface area (Å²) in [5, 5.41) is 10.9. The van der Waals surface area contributed by atoms with Gasteiger partial charge in [-0.15, -0.1) is 0 Å². The maximum atomic E-state index is 12.6. The molecule has 1 N–H and O–H groups in total. The van der Waals surface area contributed by atoms with Crippen molar-refractivity contribution in [2.45, 2.75) is 38.2 Å². The number of likely N-dealkylation sites (tertiary alicyclic amines) is 1. The molecule has 1 atom stereocenters. The van der Waals surface area contributed by atoms with Gasteiger partial charge in [-0.3, -0.25) is 9.69 Å². The second-order valence-electron chi connectivity index (χ2n) is 7.04. The van der Waals surface area contributed by atoms with Gasteiger partial charge in [-0.05, 0) is 38.1 Å². The van der Waals surface area contributed by atoms with Crippen LogP contribution in [0.1, 0.15) is 32.6 Å². The molecule has 2 heterocycles. The highest BCUT2D eigenvalue weighted by molar-refractivity contribution is 5.86. The van der Waals surface area contributed by atoms with Crippen molar-refractivity contribution in [1.29, 1.82) is 0 Å². The second kappa shape index (κ2) is 6.23. The molecule has 21 heavy (non-hydrogen) atoms. The summed E-state index contributed by atoms with van der Waals surface area (Å²) < 4.78 is 0. The molecular formula is C16H29N3O2. The Morgan fingerprint density at radius 1 is 1.14 bits per heavy atom. The zero-order valence-electron chi connectivity index (χ0n) is 13.3. The van der Waals surface area contributed by atoms with E-state index >= 15 is 0 Å². The summed E-state index contributed by atoms with van der Waals surface area (Å²) in [7, 11) is 0. The molecule has 1 saturated carbocycles. The fraction of sp³-hybridized carbons (Fsp3) is 0.938. The van der Waals surface area contributed by atoms with Crippen LogP contribution in [0.5, 0.6) is 0 Å². The summed E-state index contributed by atoms with van der Waals surface area (Å²) in [6, 6.07) is 0. The van der Waals surface area contributed by atoms with Crippen molar-refractivity contribution in [3.05, 3.63) is 0 Å². The number of nitrogens with zero attached hydrogens (tertiary/aromatic N) is 3. The largest absolute Gasteiger partial charge is 0.379 e. The molecule has 2 saturated heterocycles. The number of β-amino-alcohol motifs (C(OH)–C–C–N with tert-alkyl or cyclic N) is 1. The van der Waals surface area contributed by atoms with E-state index in [0.29, 0.717) is 18.9 Å². The molecular weight excluding hydrogens is 266 g/mol. The number of piperidine rings is 1. The quantitative estimate of drug-likeness (QED) is 0.797. The highest BCUT2D eigenvalue weighted by Crippen LogP contribution is 2.32. The van der Waals surface area contributed by atoms with Crippen LogP contribution in [0.3, 0.4) is 0 Å². The topological polar surface area (TPSA) is 47.0 Å². The summed E-state index contributed by atoms with van der Waals surface area (Å²) in [5.74, 6) is 0.683. The average molecular weight is 295 g/mol. The lowest BCUT2D eigenvalue weighted by Gasteiger charge is -2.43. The highest BCUT2D eigenvalue weighted by Gasteiger charge is 2.44. The summed E-state index contributed by atoms with van der Waals surface area (Å²) in [4.78, 5) is 19.3. The van der Waals surface area contributed by atoms with Gasteiger partial charge in [0, 0.05) is 45.8 Å². The number of rotatable bonds is 5. The standard InChI is InChI=1S/C16H29N3O2/c1-2-17-8-10-18(11-9-17)13-16(21)6-3-7-19(15(16)20)12-14-4-5-14/h14,21H,2-13H2,1H3/t16-/m0/s1. The van der Waals surface area contributed by atoms with E-state index in [9.17, 15) is 9.90 Å². The third kappa shape index (κ3) is 3.58. The van der Waals surface area contributed by atoms with Gasteiger partial charge in [0.15, 0.2) is 5.60 Å². The molecule has 0 aromatic heterocycles. The fourth-order valence-corrected chi connectivity index (χ4v) is 3.63. The van der Waals surface area contributed by atoms with E-state index in [1.807, 2.05) is 4.90 Å². The third-order valence-electron chi connectivity index (χ3n) is 5.28. The number of hydrogen-bond donors (Lipinski definition) is 1. The molecule has 3 fully saturated rings. The van der Waals surface area contributed by atoms with Gasteiger partial charge in [0.1, 0.15) is 0 Å². The number of hydrogen-bond acceptors (Lipinski definition) is 4. The van der Waals surface area contributed by atoms with E-state index in [4.69, 9.17) is 0 Å². The lowest BCUT2D eigenvalue weighted by Crippen LogP contribution is -2.60. The highest BCUT2D eigenvalue weighted by atomic mass is 16.3. The summed E-state index contributed by atoms with van der Waals surface area (Å²) >= 11 is 0.